The maximum absolute atomic E-state index is 5.77. The minimum Gasteiger partial charge on any atom is -0.366 e. The molecule has 0 bridgehead atoms. The number of hydrogen-bond acceptors (Lipinski definition) is 3. The van der Waals surface area contributed by atoms with E-state index in [0.717, 1.165) is 17.4 Å². The van der Waals surface area contributed by atoms with Gasteiger partial charge in [-0.25, -0.2) is 0 Å². The van der Waals surface area contributed by atoms with E-state index in [-0.39, 0.29) is 17.6 Å². The number of benzene rings is 1. The van der Waals surface area contributed by atoms with Crippen LogP contribution in [0.2, 0.25) is 0 Å². The smallest absolute Gasteiger partial charge is 0.170 e. The van der Waals surface area contributed by atoms with Crippen LogP contribution in [0.5, 0.6) is 0 Å². The van der Waals surface area contributed by atoms with Gasteiger partial charge in [0.25, 0.3) is 0 Å². The van der Waals surface area contributed by atoms with Crippen LogP contribution in [0.25, 0.3) is 5.57 Å². The monoisotopic (exact) mass is 420 g/mol. The van der Waals surface area contributed by atoms with E-state index in [1.54, 1.807) is 0 Å². The number of thiocarbonyl (C=S) groups is 1. The van der Waals surface area contributed by atoms with Crippen molar-refractivity contribution in [3.63, 3.8) is 0 Å². The van der Waals surface area contributed by atoms with Crippen molar-refractivity contribution in [2.24, 2.45) is 5.92 Å². The lowest BCUT2D eigenvalue weighted by molar-refractivity contribution is 0.287. The molecule has 1 aromatic carbocycles. The molecule has 1 N–H and O–H groups in total. The summed E-state index contributed by atoms with van der Waals surface area (Å²) in [5, 5.41) is 4.37. The summed E-state index contributed by atoms with van der Waals surface area (Å²) in [6.07, 6.45) is 4.22. The predicted octanol–water partition coefficient (Wildman–Crippen LogP) is 5.34. The maximum Gasteiger partial charge on any atom is 0.170 e. The van der Waals surface area contributed by atoms with Gasteiger partial charge in [-0.1, -0.05) is 32.1 Å². The van der Waals surface area contributed by atoms with Crippen LogP contribution in [-0.2, 0) is 0 Å². The van der Waals surface area contributed by atoms with E-state index < -0.39 is 0 Å². The highest BCUT2D eigenvalue weighted by Gasteiger charge is 2.40. The van der Waals surface area contributed by atoms with Gasteiger partial charge in [0.1, 0.15) is 0 Å². The molecule has 4 rings (SSSR count). The highest BCUT2D eigenvalue weighted by molar-refractivity contribution is 7.80. The molecule has 1 aromatic heterocycles. The molecule has 0 spiro atoms. The Morgan fingerprint density at radius 1 is 1.20 bits per heavy atom. The average molecular weight is 421 g/mol. The van der Waals surface area contributed by atoms with Gasteiger partial charge >= 0.3 is 0 Å². The Balaban J connectivity index is 1.81. The third kappa shape index (κ3) is 3.60. The van der Waals surface area contributed by atoms with E-state index in [1.165, 1.54) is 22.4 Å². The first-order valence-electron chi connectivity index (χ1n) is 10.7. The van der Waals surface area contributed by atoms with Gasteiger partial charge in [-0.05, 0) is 74.3 Å². The second-order valence-electron chi connectivity index (χ2n) is 9.49. The van der Waals surface area contributed by atoms with E-state index in [1.807, 2.05) is 18.3 Å². The molecule has 2 atom stereocenters. The third-order valence-corrected chi connectivity index (χ3v) is 6.69. The summed E-state index contributed by atoms with van der Waals surface area (Å²) in [6.45, 7) is 12.1. The number of pyridine rings is 1. The zero-order valence-corrected chi connectivity index (χ0v) is 19.6. The largest absolute Gasteiger partial charge is 0.366 e. The lowest BCUT2D eigenvalue weighted by atomic mass is 9.86. The van der Waals surface area contributed by atoms with Crippen LogP contribution in [0, 0.1) is 5.92 Å². The van der Waals surface area contributed by atoms with Crippen molar-refractivity contribution in [2.75, 3.05) is 18.5 Å². The van der Waals surface area contributed by atoms with Crippen LogP contribution in [0.1, 0.15) is 63.5 Å². The Morgan fingerprint density at radius 3 is 2.63 bits per heavy atom. The van der Waals surface area contributed by atoms with Crippen molar-refractivity contribution in [3.05, 3.63) is 65.5 Å². The minimum absolute atomic E-state index is 0.00918. The Morgan fingerprint density at radius 2 is 1.97 bits per heavy atom. The lowest BCUT2D eigenvalue weighted by Crippen LogP contribution is -2.42. The van der Waals surface area contributed by atoms with Gasteiger partial charge in [0.2, 0.25) is 0 Å². The Kier molecular flexibility index (Phi) is 5.35. The van der Waals surface area contributed by atoms with Gasteiger partial charge in [0, 0.05) is 31.0 Å². The molecule has 0 aliphatic carbocycles. The zero-order valence-electron chi connectivity index (χ0n) is 18.8. The van der Waals surface area contributed by atoms with E-state index in [4.69, 9.17) is 12.2 Å². The average Bonchev–Trinajstić information content (AvgIpc) is 3.02. The maximum atomic E-state index is 5.77. The standard InChI is InChI=1S/C25H32N4S/c1-16(2)15-29-23(22(27-24(29)30)20-9-7-8-12-26-20)18-10-11-21-19(13-18)17(3)14-25(4,5)28(21)6/h7-14,16,22-23H,15H2,1-6H3,(H,27,30)/t22-,23+/m1/s1. The van der Waals surface area contributed by atoms with Crippen molar-refractivity contribution in [3.8, 4) is 0 Å². The first kappa shape index (κ1) is 20.9. The van der Waals surface area contributed by atoms with Crippen LogP contribution in [0.4, 0.5) is 5.69 Å². The predicted molar refractivity (Wildman–Crippen MR) is 130 cm³/mol. The molecule has 0 radical (unpaired) electrons. The molecule has 2 aliphatic rings. The van der Waals surface area contributed by atoms with Gasteiger partial charge < -0.3 is 15.1 Å². The quantitative estimate of drug-likeness (QED) is 0.675. The number of fused-ring (bicyclic) bond motifs is 1. The second-order valence-corrected chi connectivity index (χ2v) is 9.88. The van der Waals surface area contributed by atoms with Gasteiger partial charge in [-0.3, -0.25) is 4.98 Å². The Bertz CT molecular complexity index is 980. The summed E-state index contributed by atoms with van der Waals surface area (Å²) in [5.41, 5.74) is 6.22. The summed E-state index contributed by atoms with van der Waals surface area (Å²) in [5.74, 6) is 0.515. The highest BCUT2D eigenvalue weighted by Crippen LogP contribution is 2.43. The van der Waals surface area contributed by atoms with Gasteiger partial charge in [0.05, 0.1) is 23.3 Å². The lowest BCUT2D eigenvalue weighted by Gasteiger charge is -2.41. The van der Waals surface area contributed by atoms with Gasteiger partial charge in [0.15, 0.2) is 5.11 Å². The minimum atomic E-state index is 0.00918. The number of nitrogens with zero attached hydrogens (tertiary/aromatic N) is 3. The van der Waals surface area contributed by atoms with Crippen LogP contribution in [-0.4, -0.2) is 34.1 Å². The summed E-state index contributed by atoms with van der Waals surface area (Å²) < 4.78 is 0. The zero-order chi connectivity index (χ0) is 21.6. The van der Waals surface area contributed by atoms with Crippen molar-refractivity contribution in [1.82, 2.24) is 15.2 Å². The van der Waals surface area contributed by atoms with Crippen LogP contribution < -0.4 is 10.2 Å². The Labute approximate surface area is 186 Å². The number of aromatic nitrogens is 1. The molecular weight excluding hydrogens is 388 g/mol. The molecular formula is C25H32N4S. The molecule has 0 unspecified atom stereocenters. The highest BCUT2D eigenvalue weighted by atomic mass is 32.1. The van der Waals surface area contributed by atoms with Gasteiger partial charge in [-0.15, -0.1) is 0 Å². The molecule has 0 amide bonds. The van der Waals surface area contributed by atoms with E-state index in [9.17, 15) is 0 Å². The number of hydrogen-bond donors (Lipinski definition) is 1. The van der Waals surface area contributed by atoms with Crippen LogP contribution >= 0.6 is 12.2 Å². The first-order valence-corrected chi connectivity index (χ1v) is 11.2. The fourth-order valence-electron chi connectivity index (χ4n) is 4.72. The SMILES string of the molecule is CC1=CC(C)(C)N(C)c2ccc([C@H]3[C@@H](c4ccccn4)NC(=S)N3CC(C)C)cc21. The van der Waals surface area contributed by atoms with Crippen molar-refractivity contribution in [2.45, 2.75) is 52.2 Å². The number of allylic oxidation sites excluding steroid dienone is 1. The number of nitrogens with one attached hydrogen (secondary N) is 1. The Hall–Kier alpha value is -2.40. The third-order valence-electron chi connectivity index (χ3n) is 6.34. The van der Waals surface area contributed by atoms with Gasteiger partial charge in [-0.2, -0.15) is 0 Å². The van der Waals surface area contributed by atoms with Crippen molar-refractivity contribution in [1.29, 1.82) is 0 Å². The second kappa shape index (κ2) is 7.69. The molecule has 3 heterocycles. The van der Waals surface area contributed by atoms with E-state index in [0.29, 0.717) is 5.92 Å². The fourth-order valence-corrected chi connectivity index (χ4v) is 5.03. The molecule has 4 nitrogen and oxygen atoms in total. The topological polar surface area (TPSA) is 31.4 Å². The molecule has 0 saturated carbocycles. The summed E-state index contributed by atoms with van der Waals surface area (Å²) >= 11 is 5.77. The molecule has 1 saturated heterocycles. The van der Waals surface area contributed by atoms with Crippen molar-refractivity contribution >= 4 is 28.6 Å². The number of likely N-dealkylation sites (N-methyl/N-ethyl adjacent to an activating group) is 1. The normalized spacial score (nSPS) is 22.8. The first-order chi connectivity index (χ1) is 14.2. The number of rotatable bonds is 4. The van der Waals surface area contributed by atoms with Crippen LogP contribution in [0.15, 0.2) is 48.7 Å². The molecule has 2 aromatic rings. The van der Waals surface area contributed by atoms with E-state index >= 15 is 0 Å². The van der Waals surface area contributed by atoms with Crippen molar-refractivity contribution < 1.29 is 0 Å². The summed E-state index contributed by atoms with van der Waals surface area (Å²) in [6, 6.07) is 13.2. The molecule has 30 heavy (non-hydrogen) atoms. The molecule has 1 fully saturated rings. The number of anilines is 1. The molecule has 5 heteroatoms. The fraction of sp³-hybridized carbons (Fsp3) is 0.440. The van der Waals surface area contributed by atoms with Crippen LogP contribution in [0.3, 0.4) is 0 Å². The summed E-state index contributed by atoms with van der Waals surface area (Å²) in [7, 11) is 2.18. The van der Waals surface area contributed by atoms with E-state index in [2.05, 4.69) is 92.1 Å². The molecule has 2 aliphatic heterocycles. The molecule has 158 valence electrons. The summed E-state index contributed by atoms with van der Waals surface area (Å²) in [4.78, 5) is 9.35.